The fourth-order valence-electron chi connectivity index (χ4n) is 6.39. The SMILES string of the molecule is O=C1C2c3[nH]c4ccccc4c3C3CCCCCCC3C2C(=O)N1c1ccccc1. The highest BCUT2D eigenvalue weighted by molar-refractivity contribution is 6.24. The Morgan fingerprint density at radius 3 is 2.37 bits per heavy atom. The normalized spacial score (nSPS) is 28.6. The summed E-state index contributed by atoms with van der Waals surface area (Å²) in [6.45, 7) is 0. The van der Waals surface area contributed by atoms with Crippen LogP contribution >= 0.6 is 0 Å². The molecule has 4 nitrogen and oxygen atoms in total. The zero-order valence-corrected chi connectivity index (χ0v) is 17.0. The minimum absolute atomic E-state index is 0.00363. The number of aromatic nitrogens is 1. The summed E-state index contributed by atoms with van der Waals surface area (Å²) in [4.78, 5) is 32.5. The van der Waals surface area contributed by atoms with Crippen molar-refractivity contribution in [2.75, 3.05) is 4.90 Å². The molecule has 6 rings (SSSR count). The molecular formula is C26H26N2O2. The van der Waals surface area contributed by atoms with Gasteiger partial charge in [-0.1, -0.05) is 62.1 Å². The van der Waals surface area contributed by atoms with Gasteiger partial charge in [-0.25, -0.2) is 4.90 Å². The predicted molar refractivity (Wildman–Crippen MR) is 117 cm³/mol. The van der Waals surface area contributed by atoms with Crippen molar-refractivity contribution in [2.45, 2.75) is 50.4 Å². The van der Waals surface area contributed by atoms with E-state index >= 15 is 0 Å². The fourth-order valence-corrected chi connectivity index (χ4v) is 6.39. The van der Waals surface area contributed by atoms with Gasteiger partial charge in [-0.2, -0.15) is 0 Å². The number of rotatable bonds is 1. The molecule has 4 heteroatoms. The number of H-pyrrole nitrogens is 1. The molecule has 2 amide bonds. The number of nitrogens with zero attached hydrogens (tertiary/aromatic N) is 1. The Balaban J connectivity index is 1.56. The van der Waals surface area contributed by atoms with E-state index in [-0.39, 0.29) is 29.6 Å². The quantitative estimate of drug-likeness (QED) is 0.550. The summed E-state index contributed by atoms with van der Waals surface area (Å²) in [5.74, 6) is -0.111. The third kappa shape index (κ3) is 2.46. The fraction of sp³-hybridized carbons (Fsp3) is 0.385. The lowest BCUT2D eigenvalue weighted by molar-refractivity contribution is -0.123. The van der Waals surface area contributed by atoms with Crippen LogP contribution in [-0.4, -0.2) is 16.8 Å². The summed E-state index contributed by atoms with van der Waals surface area (Å²) in [7, 11) is 0. The summed E-state index contributed by atoms with van der Waals surface area (Å²) in [6, 6.07) is 17.8. The molecule has 30 heavy (non-hydrogen) atoms. The van der Waals surface area contributed by atoms with Crippen LogP contribution < -0.4 is 4.90 Å². The van der Waals surface area contributed by atoms with E-state index in [2.05, 4.69) is 23.2 Å². The molecule has 1 aromatic heterocycles. The number of carbonyl (C=O) groups excluding carboxylic acids is 2. The highest BCUT2D eigenvalue weighted by Crippen LogP contribution is 2.56. The van der Waals surface area contributed by atoms with Crippen LogP contribution in [0.2, 0.25) is 0 Å². The molecule has 4 atom stereocenters. The van der Waals surface area contributed by atoms with E-state index in [1.165, 1.54) is 35.1 Å². The minimum atomic E-state index is -0.388. The number of fused-ring (bicyclic) bond motifs is 8. The number of benzene rings is 2. The molecule has 2 heterocycles. The molecule has 1 aliphatic heterocycles. The Morgan fingerprint density at radius 2 is 1.53 bits per heavy atom. The lowest BCUT2D eigenvalue weighted by Gasteiger charge is -2.39. The van der Waals surface area contributed by atoms with Crippen molar-refractivity contribution in [3.63, 3.8) is 0 Å². The summed E-state index contributed by atoms with van der Waals surface area (Å²) in [5.41, 5.74) is 4.10. The Labute approximate surface area is 176 Å². The number of carbonyl (C=O) groups is 2. The first kappa shape index (κ1) is 17.9. The average molecular weight is 399 g/mol. The number of amides is 2. The number of imide groups is 1. The van der Waals surface area contributed by atoms with Crippen LogP contribution in [0.25, 0.3) is 10.9 Å². The number of hydrogen-bond donors (Lipinski definition) is 1. The minimum Gasteiger partial charge on any atom is -0.357 e. The third-order valence-corrected chi connectivity index (χ3v) is 7.60. The van der Waals surface area contributed by atoms with Crippen molar-refractivity contribution in [2.24, 2.45) is 11.8 Å². The molecule has 0 bridgehead atoms. The molecule has 3 aliphatic rings. The van der Waals surface area contributed by atoms with Gasteiger partial charge in [0, 0.05) is 16.6 Å². The molecule has 152 valence electrons. The molecule has 1 N–H and O–H groups in total. The summed E-state index contributed by atoms with van der Waals surface area (Å²) >= 11 is 0. The molecule has 2 fully saturated rings. The maximum Gasteiger partial charge on any atom is 0.243 e. The van der Waals surface area contributed by atoms with Gasteiger partial charge in [0.25, 0.3) is 0 Å². The maximum absolute atomic E-state index is 13.7. The van der Waals surface area contributed by atoms with Crippen molar-refractivity contribution in [1.29, 1.82) is 0 Å². The Kier molecular flexibility index (Phi) is 4.08. The average Bonchev–Trinajstić information content (AvgIpc) is 3.24. The lowest BCUT2D eigenvalue weighted by Crippen LogP contribution is -2.36. The second-order valence-corrected chi connectivity index (χ2v) is 9.11. The number of anilines is 1. The smallest absolute Gasteiger partial charge is 0.243 e. The van der Waals surface area contributed by atoms with E-state index in [1.54, 1.807) is 0 Å². The molecule has 1 saturated carbocycles. The first-order chi connectivity index (χ1) is 14.8. The van der Waals surface area contributed by atoms with Gasteiger partial charge in [-0.15, -0.1) is 0 Å². The zero-order valence-electron chi connectivity index (χ0n) is 17.0. The topological polar surface area (TPSA) is 53.2 Å². The maximum atomic E-state index is 13.7. The van der Waals surface area contributed by atoms with Gasteiger partial charge < -0.3 is 4.98 Å². The van der Waals surface area contributed by atoms with Crippen LogP contribution in [0, 0.1) is 11.8 Å². The van der Waals surface area contributed by atoms with Gasteiger partial charge in [-0.05, 0) is 48.4 Å². The van der Waals surface area contributed by atoms with E-state index in [9.17, 15) is 9.59 Å². The second-order valence-electron chi connectivity index (χ2n) is 9.11. The Morgan fingerprint density at radius 1 is 0.800 bits per heavy atom. The molecule has 2 aliphatic carbocycles. The van der Waals surface area contributed by atoms with Gasteiger partial charge in [0.15, 0.2) is 0 Å². The van der Waals surface area contributed by atoms with E-state index in [0.29, 0.717) is 11.6 Å². The van der Waals surface area contributed by atoms with Crippen molar-refractivity contribution in [3.05, 3.63) is 65.9 Å². The highest BCUT2D eigenvalue weighted by Gasteiger charge is 2.58. The van der Waals surface area contributed by atoms with Crippen molar-refractivity contribution in [3.8, 4) is 0 Å². The predicted octanol–water partition coefficient (Wildman–Crippen LogP) is 5.51. The lowest BCUT2D eigenvalue weighted by atomic mass is 9.62. The van der Waals surface area contributed by atoms with Crippen LogP contribution in [0.4, 0.5) is 5.69 Å². The molecular weight excluding hydrogens is 372 g/mol. The first-order valence-corrected chi connectivity index (χ1v) is 11.3. The highest BCUT2D eigenvalue weighted by atomic mass is 16.2. The van der Waals surface area contributed by atoms with E-state index in [0.717, 1.165) is 30.5 Å². The van der Waals surface area contributed by atoms with Crippen molar-refractivity contribution < 1.29 is 9.59 Å². The number of aromatic amines is 1. The van der Waals surface area contributed by atoms with E-state index in [1.807, 2.05) is 36.4 Å². The summed E-state index contributed by atoms with van der Waals surface area (Å²) in [5, 5.41) is 1.24. The summed E-state index contributed by atoms with van der Waals surface area (Å²) < 4.78 is 0. The monoisotopic (exact) mass is 398 g/mol. The number of para-hydroxylation sites is 2. The van der Waals surface area contributed by atoms with E-state index < -0.39 is 0 Å². The first-order valence-electron chi connectivity index (χ1n) is 11.3. The molecule has 1 saturated heterocycles. The Bertz CT molecular complexity index is 1130. The molecule has 0 radical (unpaired) electrons. The zero-order chi connectivity index (χ0) is 20.2. The van der Waals surface area contributed by atoms with Gasteiger partial charge in [-0.3, -0.25) is 9.59 Å². The van der Waals surface area contributed by atoms with Crippen molar-refractivity contribution >= 4 is 28.4 Å². The van der Waals surface area contributed by atoms with Gasteiger partial charge in [0.05, 0.1) is 17.5 Å². The van der Waals surface area contributed by atoms with Crippen molar-refractivity contribution in [1.82, 2.24) is 4.98 Å². The largest absolute Gasteiger partial charge is 0.357 e. The standard InChI is InChI=1S/C26H26N2O2/c29-25-22-18-13-7-2-1-6-12-17(18)21-19-14-8-9-15-20(19)27-24(21)23(22)26(30)28(25)16-10-4-3-5-11-16/h3-5,8-11,14-15,17-18,22-23,27H,1-2,6-7,12-13H2. The molecule has 4 unspecified atom stereocenters. The van der Waals surface area contributed by atoms with E-state index in [4.69, 9.17) is 0 Å². The Hall–Kier alpha value is -2.88. The van der Waals surface area contributed by atoms with Crippen LogP contribution in [0.5, 0.6) is 0 Å². The van der Waals surface area contributed by atoms with Crippen LogP contribution in [0.1, 0.15) is 61.6 Å². The summed E-state index contributed by atoms with van der Waals surface area (Å²) in [6.07, 6.45) is 6.97. The second kappa shape index (κ2) is 6.83. The number of hydrogen-bond acceptors (Lipinski definition) is 2. The van der Waals surface area contributed by atoms with Gasteiger partial charge in [0.2, 0.25) is 11.8 Å². The molecule has 3 aromatic rings. The number of nitrogens with one attached hydrogen (secondary N) is 1. The van der Waals surface area contributed by atoms with Crippen LogP contribution in [0.3, 0.4) is 0 Å². The van der Waals surface area contributed by atoms with Crippen LogP contribution in [0.15, 0.2) is 54.6 Å². The van der Waals surface area contributed by atoms with Gasteiger partial charge in [0.1, 0.15) is 0 Å². The third-order valence-electron chi connectivity index (χ3n) is 7.60. The molecule has 0 spiro atoms. The molecule has 2 aromatic carbocycles. The van der Waals surface area contributed by atoms with Crippen LogP contribution in [-0.2, 0) is 9.59 Å². The van der Waals surface area contributed by atoms with Gasteiger partial charge >= 0.3 is 0 Å².